The predicted molar refractivity (Wildman–Crippen MR) is 77.3 cm³/mol. The van der Waals surface area contributed by atoms with Gasteiger partial charge >= 0.3 is 0 Å². The molecule has 0 aliphatic heterocycles. The number of nitrogens with zero attached hydrogens (tertiary/aromatic N) is 2. The average molecular weight is 247 g/mol. The third-order valence-corrected chi connectivity index (χ3v) is 3.41. The van der Waals surface area contributed by atoms with Crippen LogP contribution >= 0.6 is 0 Å². The van der Waals surface area contributed by atoms with Gasteiger partial charge in [0.1, 0.15) is 5.82 Å². The highest BCUT2D eigenvalue weighted by atomic mass is 15.2. The zero-order valence-corrected chi connectivity index (χ0v) is 12.1. The fourth-order valence-electron chi connectivity index (χ4n) is 2.33. The van der Waals surface area contributed by atoms with Gasteiger partial charge in [-0.1, -0.05) is 6.07 Å². The first-order valence-corrected chi connectivity index (χ1v) is 6.91. The van der Waals surface area contributed by atoms with E-state index in [-0.39, 0.29) is 5.54 Å². The van der Waals surface area contributed by atoms with Crippen LogP contribution in [0.4, 0.5) is 5.82 Å². The number of pyridine rings is 1. The maximum absolute atomic E-state index is 4.77. The molecule has 1 aromatic rings. The van der Waals surface area contributed by atoms with E-state index in [1.807, 2.05) is 0 Å². The summed E-state index contributed by atoms with van der Waals surface area (Å²) < 4.78 is 0. The average Bonchev–Trinajstić information content (AvgIpc) is 2.73. The third kappa shape index (κ3) is 3.45. The van der Waals surface area contributed by atoms with Crippen LogP contribution in [0.2, 0.25) is 0 Å². The molecule has 1 aliphatic rings. The van der Waals surface area contributed by atoms with Crippen LogP contribution in [0.25, 0.3) is 0 Å². The Labute approximate surface area is 111 Å². The topological polar surface area (TPSA) is 28.2 Å². The zero-order valence-electron chi connectivity index (χ0n) is 12.1. The molecule has 1 heterocycles. The van der Waals surface area contributed by atoms with Crippen LogP contribution in [0.3, 0.4) is 0 Å². The molecule has 3 nitrogen and oxygen atoms in total. The molecule has 0 aromatic carbocycles. The van der Waals surface area contributed by atoms with E-state index in [1.54, 1.807) is 0 Å². The van der Waals surface area contributed by atoms with E-state index < -0.39 is 0 Å². The number of aromatic nitrogens is 1. The molecule has 0 bridgehead atoms. The van der Waals surface area contributed by atoms with E-state index in [4.69, 9.17) is 4.98 Å². The van der Waals surface area contributed by atoms with Gasteiger partial charge in [0.05, 0.1) is 0 Å². The molecule has 0 radical (unpaired) electrons. The van der Waals surface area contributed by atoms with Gasteiger partial charge < -0.3 is 10.2 Å². The second-order valence-electron chi connectivity index (χ2n) is 6.23. The molecular formula is C15H25N3. The minimum absolute atomic E-state index is 0.187. The molecule has 0 unspecified atom stereocenters. The van der Waals surface area contributed by atoms with Crippen LogP contribution in [0, 0.1) is 0 Å². The predicted octanol–water partition coefficient (Wildman–Crippen LogP) is 2.39. The Bertz CT molecular complexity index is 407. The highest BCUT2D eigenvalue weighted by Crippen LogP contribution is 2.22. The molecule has 2 rings (SSSR count). The lowest BCUT2D eigenvalue weighted by Crippen LogP contribution is -2.40. The molecule has 18 heavy (non-hydrogen) atoms. The summed E-state index contributed by atoms with van der Waals surface area (Å²) >= 11 is 0. The lowest BCUT2D eigenvalue weighted by Gasteiger charge is -2.24. The number of fused-ring (bicyclic) bond motifs is 1. The second kappa shape index (κ2) is 5.27. The smallest absolute Gasteiger partial charge is 0.128 e. The minimum Gasteiger partial charge on any atom is -0.358 e. The molecule has 0 amide bonds. The molecule has 0 fully saturated rings. The first kappa shape index (κ1) is 13.3. The molecule has 0 spiro atoms. The maximum atomic E-state index is 4.77. The van der Waals surface area contributed by atoms with Gasteiger partial charge in [-0.05, 0) is 51.7 Å². The van der Waals surface area contributed by atoms with Crippen molar-refractivity contribution in [3.63, 3.8) is 0 Å². The Balaban J connectivity index is 1.91. The molecule has 0 saturated carbocycles. The van der Waals surface area contributed by atoms with Crippen molar-refractivity contribution in [2.45, 2.75) is 45.6 Å². The second-order valence-corrected chi connectivity index (χ2v) is 6.23. The van der Waals surface area contributed by atoms with Crippen molar-refractivity contribution in [1.82, 2.24) is 10.3 Å². The van der Waals surface area contributed by atoms with Gasteiger partial charge in [0.25, 0.3) is 0 Å². The van der Waals surface area contributed by atoms with Gasteiger partial charge in [-0.2, -0.15) is 0 Å². The molecule has 0 atom stereocenters. The summed E-state index contributed by atoms with van der Waals surface area (Å²) in [4.78, 5) is 7.00. The lowest BCUT2D eigenvalue weighted by molar-refractivity contribution is 0.430. The molecular weight excluding hydrogens is 222 g/mol. The summed E-state index contributed by atoms with van der Waals surface area (Å²) in [5.41, 5.74) is 2.94. The van der Waals surface area contributed by atoms with Crippen LogP contribution in [0.5, 0.6) is 0 Å². The standard InChI is InChI=1S/C15H25N3/c1-15(2,3)16-10-11-18(4)14-9-8-12-6-5-7-13(12)17-14/h8-9,16H,5-7,10-11H2,1-4H3. The van der Waals surface area contributed by atoms with Crippen molar-refractivity contribution in [1.29, 1.82) is 0 Å². The number of hydrogen-bond acceptors (Lipinski definition) is 3. The Morgan fingerprint density at radius 3 is 2.78 bits per heavy atom. The van der Waals surface area contributed by atoms with Crippen LogP contribution in [-0.2, 0) is 12.8 Å². The summed E-state index contributed by atoms with van der Waals surface area (Å²) in [7, 11) is 2.12. The Kier molecular flexibility index (Phi) is 3.91. The Hall–Kier alpha value is -1.09. The summed E-state index contributed by atoms with van der Waals surface area (Å²) in [5, 5.41) is 3.51. The van der Waals surface area contributed by atoms with E-state index in [0.717, 1.165) is 25.3 Å². The van der Waals surface area contributed by atoms with E-state index in [1.165, 1.54) is 24.1 Å². The van der Waals surface area contributed by atoms with Crippen molar-refractivity contribution in [3.05, 3.63) is 23.4 Å². The number of aryl methyl sites for hydroxylation is 2. The fourth-order valence-corrected chi connectivity index (χ4v) is 2.33. The Morgan fingerprint density at radius 2 is 2.06 bits per heavy atom. The quantitative estimate of drug-likeness (QED) is 0.885. The largest absolute Gasteiger partial charge is 0.358 e. The van der Waals surface area contributed by atoms with Crippen LogP contribution in [0.15, 0.2) is 12.1 Å². The summed E-state index contributed by atoms with van der Waals surface area (Å²) in [5.74, 6) is 1.10. The van der Waals surface area contributed by atoms with Crippen LogP contribution in [0.1, 0.15) is 38.4 Å². The molecule has 1 N–H and O–H groups in total. The number of rotatable bonds is 4. The van der Waals surface area contributed by atoms with Gasteiger partial charge in [0.15, 0.2) is 0 Å². The highest BCUT2D eigenvalue weighted by Gasteiger charge is 2.14. The van der Waals surface area contributed by atoms with Crippen LogP contribution in [-0.4, -0.2) is 30.7 Å². The molecule has 1 aromatic heterocycles. The van der Waals surface area contributed by atoms with E-state index >= 15 is 0 Å². The first-order valence-electron chi connectivity index (χ1n) is 6.91. The molecule has 0 saturated heterocycles. The summed E-state index contributed by atoms with van der Waals surface area (Å²) in [6, 6.07) is 4.40. The molecule has 1 aliphatic carbocycles. The first-order chi connectivity index (χ1) is 8.46. The van der Waals surface area contributed by atoms with E-state index in [2.05, 4.69) is 50.2 Å². The fraction of sp³-hybridized carbons (Fsp3) is 0.667. The summed E-state index contributed by atoms with van der Waals surface area (Å²) in [6.45, 7) is 8.56. The zero-order chi connectivity index (χ0) is 13.2. The van der Waals surface area contributed by atoms with Gasteiger partial charge in [0, 0.05) is 31.4 Å². The van der Waals surface area contributed by atoms with Gasteiger partial charge in [0.2, 0.25) is 0 Å². The number of anilines is 1. The number of hydrogen-bond donors (Lipinski definition) is 1. The lowest BCUT2D eigenvalue weighted by atomic mass is 10.1. The van der Waals surface area contributed by atoms with Gasteiger partial charge in [-0.3, -0.25) is 0 Å². The SMILES string of the molecule is CN(CCNC(C)(C)C)c1ccc2c(n1)CCC2. The number of nitrogens with one attached hydrogen (secondary N) is 1. The van der Waals surface area contributed by atoms with Crippen molar-refractivity contribution in [3.8, 4) is 0 Å². The highest BCUT2D eigenvalue weighted by molar-refractivity contribution is 5.42. The van der Waals surface area contributed by atoms with Crippen LogP contribution < -0.4 is 10.2 Å². The van der Waals surface area contributed by atoms with Crippen molar-refractivity contribution in [2.24, 2.45) is 0 Å². The number of likely N-dealkylation sites (N-methyl/N-ethyl adjacent to an activating group) is 1. The van der Waals surface area contributed by atoms with Gasteiger partial charge in [-0.15, -0.1) is 0 Å². The van der Waals surface area contributed by atoms with Crippen molar-refractivity contribution in [2.75, 3.05) is 25.0 Å². The summed E-state index contributed by atoms with van der Waals surface area (Å²) in [6.07, 6.45) is 3.62. The van der Waals surface area contributed by atoms with Gasteiger partial charge in [-0.25, -0.2) is 4.98 Å². The normalized spacial score (nSPS) is 14.7. The molecule has 100 valence electrons. The minimum atomic E-state index is 0.187. The van der Waals surface area contributed by atoms with Crippen molar-refractivity contribution >= 4 is 5.82 Å². The Morgan fingerprint density at radius 1 is 1.28 bits per heavy atom. The maximum Gasteiger partial charge on any atom is 0.128 e. The third-order valence-electron chi connectivity index (χ3n) is 3.41. The van der Waals surface area contributed by atoms with E-state index in [0.29, 0.717) is 0 Å². The monoisotopic (exact) mass is 247 g/mol. The molecule has 3 heteroatoms. The van der Waals surface area contributed by atoms with E-state index in [9.17, 15) is 0 Å². The van der Waals surface area contributed by atoms with Crippen molar-refractivity contribution < 1.29 is 0 Å².